The van der Waals surface area contributed by atoms with Crippen molar-refractivity contribution in [2.24, 2.45) is 11.8 Å². The minimum Gasteiger partial charge on any atom is -0.207 e. The Balaban J connectivity index is 1.87. The van der Waals surface area contributed by atoms with Gasteiger partial charge in [-0.05, 0) is 49.9 Å². The predicted molar refractivity (Wildman–Crippen MR) is 115 cm³/mol. The zero-order valence-corrected chi connectivity index (χ0v) is 19.0. The summed E-state index contributed by atoms with van der Waals surface area (Å²) in [7, 11) is 0. The molecular formula is C26H18F8S. The van der Waals surface area contributed by atoms with E-state index in [4.69, 9.17) is 0 Å². The van der Waals surface area contributed by atoms with Crippen molar-refractivity contribution in [1.29, 1.82) is 0 Å². The molecule has 0 atom stereocenters. The lowest BCUT2D eigenvalue weighted by atomic mass is 9.86. The SMILES string of the molecule is Fc1cc(Sc2cc(F)cc(C(F)(F)F)c2C#CC2CCC2)c(C#CC2CCC2)c(C(F)(F)F)c1. The molecule has 0 saturated heterocycles. The molecule has 4 rings (SSSR count). The molecule has 0 radical (unpaired) electrons. The highest BCUT2D eigenvalue weighted by atomic mass is 32.2. The number of alkyl halides is 6. The number of rotatable bonds is 2. The van der Waals surface area contributed by atoms with Crippen LogP contribution in [0.4, 0.5) is 35.1 Å². The second-order valence-electron chi connectivity index (χ2n) is 8.54. The standard InChI is InChI=1S/C26H18F8S/c27-17-11-21(25(29,30)31)19(9-7-15-3-1-4-15)23(13-17)35-24-14-18(28)12-22(26(32,33)34)20(24)10-8-16-5-2-6-16/h11-16H,1-6H2. The number of benzene rings is 2. The molecule has 2 aliphatic carbocycles. The maximum Gasteiger partial charge on any atom is 0.417 e. The van der Waals surface area contributed by atoms with Crippen LogP contribution in [0.15, 0.2) is 34.1 Å². The van der Waals surface area contributed by atoms with Gasteiger partial charge in [0.25, 0.3) is 0 Å². The van der Waals surface area contributed by atoms with E-state index < -0.39 is 46.2 Å². The first-order valence-electron chi connectivity index (χ1n) is 10.9. The van der Waals surface area contributed by atoms with Crippen LogP contribution in [0, 0.1) is 47.2 Å². The monoisotopic (exact) mass is 514 g/mol. The van der Waals surface area contributed by atoms with Crippen LogP contribution in [0.5, 0.6) is 0 Å². The van der Waals surface area contributed by atoms with E-state index in [2.05, 4.69) is 23.7 Å². The summed E-state index contributed by atoms with van der Waals surface area (Å²) < 4.78 is 111. The van der Waals surface area contributed by atoms with Crippen molar-refractivity contribution in [3.63, 3.8) is 0 Å². The molecule has 0 bridgehead atoms. The van der Waals surface area contributed by atoms with E-state index in [1.165, 1.54) is 0 Å². The molecular weight excluding hydrogens is 496 g/mol. The van der Waals surface area contributed by atoms with Crippen LogP contribution in [0.2, 0.25) is 0 Å². The molecule has 35 heavy (non-hydrogen) atoms. The average molecular weight is 514 g/mol. The second kappa shape index (κ2) is 9.78. The summed E-state index contributed by atoms with van der Waals surface area (Å²) in [5.74, 6) is 7.77. The quantitative estimate of drug-likeness (QED) is 0.286. The summed E-state index contributed by atoms with van der Waals surface area (Å²) in [6.45, 7) is 0. The first-order chi connectivity index (χ1) is 16.4. The highest BCUT2D eigenvalue weighted by Crippen LogP contribution is 2.43. The summed E-state index contributed by atoms with van der Waals surface area (Å²) in [4.78, 5) is -0.705. The Labute approximate surface area is 201 Å². The van der Waals surface area contributed by atoms with Gasteiger partial charge in [0, 0.05) is 21.6 Å². The van der Waals surface area contributed by atoms with Gasteiger partial charge in [-0.1, -0.05) is 48.3 Å². The molecule has 2 saturated carbocycles. The van der Waals surface area contributed by atoms with E-state index >= 15 is 0 Å². The lowest BCUT2D eigenvalue weighted by molar-refractivity contribution is -0.138. The molecule has 0 heterocycles. The van der Waals surface area contributed by atoms with Crippen molar-refractivity contribution in [1.82, 2.24) is 0 Å². The van der Waals surface area contributed by atoms with Crippen molar-refractivity contribution in [3.8, 4) is 23.7 Å². The van der Waals surface area contributed by atoms with E-state index in [-0.39, 0.29) is 21.6 Å². The zero-order valence-electron chi connectivity index (χ0n) is 18.1. The van der Waals surface area contributed by atoms with Crippen molar-refractivity contribution in [3.05, 3.63) is 58.2 Å². The summed E-state index contributed by atoms with van der Waals surface area (Å²) in [6, 6.07) is 2.15. The Hall–Kier alpha value is -2.65. The van der Waals surface area contributed by atoms with Crippen LogP contribution in [0.1, 0.15) is 60.8 Å². The van der Waals surface area contributed by atoms with Gasteiger partial charge >= 0.3 is 12.4 Å². The molecule has 9 heteroatoms. The fraction of sp³-hybridized carbons (Fsp3) is 0.385. The molecule has 0 aromatic heterocycles. The normalized spacial score (nSPS) is 16.5. The van der Waals surface area contributed by atoms with Crippen molar-refractivity contribution < 1.29 is 35.1 Å². The van der Waals surface area contributed by atoms with E-state index in [1.807, 2.05) is 0 Å². The van der Waals surface area contributed by atoms with Crippen molar-refractivity contribution in [2.75, 3.05) is 0 Å². The van der Waals surface area contributed by atoms with Gasteiger partial charge in [0.05, 0.1) is 22.3 Å². The molecule has 0 N–H and O–H groups in total. The van der Waals surface area contributed by atoms with E-state index in [1.54, 1.807) is 0 Å². The molecule has 0 aliphatic heterocycles. The molecule has 0 spiro atoms. The Kier molecular flexibility index (Phi) is 7.11. The summed E-state index contributed by atoms with van der Waals surface area (Å²) in [5.41, 5.74) is -3.76. The van der Waals surface area contributed by atoms with E-state index in [0.717, 1.165) is 50.7 Å². The Morgan fingerprint density at radius 2 is 1.00 bits per heavy atom. The number of halogens is 8. The van der Waals surface area contributed by atoms with E-state index in [9.17, 15) is 35.1 Å². The third-order valence-electron chi connectivity index (χ3n) is 5.98. The van der Waals surface area contributed by atoms with Crippen LogP contribution in [-0.2, 0) is 12.4 Å². The maximum absolute atomic E-state index is 14.2. The van der Waals surface area contributed by atoms with E-state index in [0.29, 0.717) is 23.9 Å². The average Bonchev–Trinajstić information content (AvgIpc) is 2.66. The van der Waals surface area contributed by atoms with Crippen molar-refractivity contribution in [2.45, 2.75) is 60.7 Å². The highest BCUT2D eigenvalue weighted by Gasteiger charge is 2.37. The van der Waals surface area contributed by atoms with Crippen LogP contribution in [0.25, 0.3) is 0 Å². The molecule has 2 aliphatic rings. The number of hydrogen-bond acceptors (Lipinski definition) is 1. The molecule has 0 nitrogen and oxygen atoms in total. The maximum atomic E-state index is 14.2. The minimum atomic E-state index is -4.95. The Morgan fingerprint density at radius 1 is 0.629 bits per heavy atom. The van der Waals surface area contributed by atoms with Crippen LogP contribution in [0.3, 0.4) is 0 Å². The molecule has 0 amide bonds. The summed E-state index contributed by atoms with van der Waals surface area (Å²) in [6.07, 6.45) is -5.24. The van der Waals surface area contributed by atoms with Gasteiger partial charge in [-0.15, -0.1) is 0 Å². The van der Waals surface area contributed by atoms with Gasteiger partial charge in [-0.25, -0.2) is 8.78 Å². The molecule has 2 aromatic carbocycles. The van der Waals surface area contributed by atoms with Gasteiger partial charge in [-0.3, -0.25) is 0 Å². The summed E-state index contributed by atoms with van der Waals surface area (Å²) >= 11 is 0.399. The third kappa shape index (κ3) is 5.95. The van der Waals surface area contributed by atoms with Gasteiger partial charge in [0.2, 0.25) is 0 Å². The smallest absolute Gasteiger partial charge is 0.207 e. The molecule has 0 unspecified atom stereocenters. The highest BCUT2D eigenvalue weighted by molar-refractivity contribution is 7.99. The molecule has 184 valence electrons. The van der Waals surface area contributed by atoms with Crippen molar-refractivity contribution >= 4 is 11.8 Å². The Morgan fingerprint density at radius 3 is 1.29 bits per heavy atom. The number of hydrogen-bond donors (Lipinski definition) is 0. The fourth-order valence-corrected chi connectivity index (χ4v) is 4.71. The van der Waals surface area contributed by atoms with Gasteiger partial charge < -0.3 is 0 Å². The fourth-order valence-electron chi connectivity index (χ4n) is 3.60. The van der Waals surface area contributed by atoms with Crippen LogP contribution < -0.4 is 0 Å². The molecule has 2 aromatic rings. The summed E-state index contributed by atoms with van der Waals surface area (Å²) in [5, 5.41) is 0. The Bertz CT molecular complexity index is 1150. The van der Waals surface area contributed by atoms with Gasteiger partial charge in [0.1, 0.15) is 11.6 Å². The first-order valence-corrected chi connectivity index (χ1v) is 11.8. The second-order valence-corrected chi connectivity index (χ2v) is 9.63. The lowest BCUT2D eigenvalue weighted by Crippen LogP contribution is -2.12. The van der Waals surface area contributed by atoms with Crippen LogP contribution >= 0.6 is 11.8 Å². The van der Waals surface area contributed by atoms with Gasteiger partial charge in [0.15, 0.2) is 0 Å². The third-order valence-corrected chi connectivity index (χ3v) is 7.06. The predicted octanol–water partition coefficient (Wildman–Crippen LogP) is 8.46. The lowest BCUT2D eigenvalue weighted by Gasteiger charge is -2.20. The largest absolute Gasteiger partial charge is 0.417 e. The van der Waals surface area contributed by atoms with Crippen LogP contribution in [-0.4, -0.2) is 0 Å². The van der Waals surface area contributed by atoms with Gasteiger partial charge in [-0.2, -0.15) is 26.3 Å². The first kappa shape index (κ1) is 25.4. The topological polar surface area (TPSA) is 0 Å². The molecule has 2 fully saturated rings. The minimum absolute atomic E-state index is 0.103. The zero-order chi connectivity index (χ0) is 25.4.